The Morgan fingerprint density at radius 3 is 2.60 bits per heavy atom. The molecule has 0 radical (unpaired) electrons. The molecule has 7 nitrogen and oxygen atoms in total. The number of piperazine rings is 1. The summed E-state index contributed by atoms with van der Waals surface area (Å²) in [6, 6.07) is 2.21. The second kappa shape index (κ2) is 6.48. The van der Waals surface area contributed by atoms with E-state index in [-0.39, 0.29) is 17.9 Å². The molecule has 0 spiro atoms. The van der Waals surface area contributed by atoms with E-state index in [1.165, 1.54) is 0 Å². The summed E-state index contributed by atoms with van der Waals surface area (Å²) in [4.78, 5) is 27.1. The SMILES string of the molecule is CCC(C#N)N1CCN(C(=O)C2=NNC(=O)CC2)CC1. The van der Waals surface area contributed by atoms with E-state index in [1.807, 2.05) is 6.92 Å². The quantitative estimate of drug-likeness (QED) is 0.767. The van der Waals surface area contributed by atoms with Crippen LogP contribution in [0.1, 0.15) is 26.2 Å². The Bertz CT molecular complexity index is 460. The number of nitriles is 1. The number of nitrogens with one attached hydrogen (secondary N) is 1. The first-order valence-corrected chi connectivity index (χ1v) is 6.94. The van der Waals surface area contributed by atoms with E-state index in [0.29, 0.717) is 44.7 Å². The zero-order chi connectivity index (χ0) is 14.5. The van der Waals surface area contributed by atoms with Crippen LogP contribution in [0.2, 0.25) is 0 Å². The predicted molar refractivity (Wildman–Crippen MR) is 72.7 cm³/mol. The normalized spacial score (nSPS) is 21.7. The summed E-state index contributed by atoms with van der Waals surface area (Å²) in [6.45, 7) is 4.60. The van der Waals surface area contributed by atoms with E-state index >= 15 is 0 Å². The Morgan fingerprint density at radius 1 is 1.40 bits per heavy atom. The van der Waals surface area contributed by atoms with Crippen molar-refractivity contribution in [2.45, 2.75) is 32.2 Å². The van der Waals surface area contributed by atoms with Gasteiger partial charge in [-0.15, -0.1) is 0 Å². The average molecular weight is 277 g/mol. The number of hydrogen-bond acceptors (Lipinski definition) is 5. The van der Waals surface area contributed by atoms with Crippen LogP contribution in [-0.4, -0.2) is 59.5 Å². The first kappa shape index (κ1) is 14.5. The monoisotopic (exact) mass is 277 g/mol. The Hall–Kier alpha value is -1.94. The smallest absolute Gasteiger partial charge is 0.270 e. The van der Waals surface area contributed by atoms with E-state index in [2.05, 4.69) is 21.5 Å². The van der Waals surface area contributed by atoms with Crippen LogP contribution < -0.4 is 5.43 Å². The first-order valence-electron chi connectivity index (χ1n) is 6.94. The lowest BCUT2D eigenvalue weighted by atomic mass is 10.1. The summed E-state index contributed by atoms with van der Waals surface area (Å²) >= 11 is 0. The summed E-state index contributed by atoms with van der Waals surface area (Å²) < 4.78 is 0. The fourth-order valence-corrected chi connectivity index (χ4v) is 2.48. The minimum absolute atomic E-state index is 0.0708. The molecule has 1 unspecified atom stereocenters. The topological polar surface area (TPSA) is 88.8 Å². The Morgan fingerprint density at radius 2 is 2.10 bits per heavy atom. The lowest BCUT2D eigenvalue weighted by Gasteiger charge is -2.36. The largest absolute Gasteiger partial charge is 0.335 e. The second-order valence-corrected chi connectivity index (χ2v) is 4.97. The van der Waals surface area contributed by atoms with Gasteiger partial charge in [0.1, 0.15) is 5.71 Å². The Kier molecular flexibility index (Phi) is 4.69. The van der Waals surface area contributed by atoms with Crippen LogP contribution in [0, 0.1) is 11.3 Å². The van der Waals surface area contributed by atoms with Gasteiger partial charge >= 0.3 is 0 Å². The van der Waals surface area contributed by atoms with Crippen molar-refractivity contribution in [3.63, 3.8) is 0 Å². The van der Waals surface area contributed by atoms with Gasteiger partial charge < -0.3 is 4.90 Å². The lowest BCUT2D eigenvalue weighted by molar-refractivity contribution is -0.126. The van der Waals surface area contributed by atoms with Crippen LogP contribution in [0.15, 0.2) is 5.10 Å². The molecule has 0 saturated carbocycles. The maximum Gasteiger partial charge on any atom is 0.270 e. The van der Waals surface area contributed by atoms with Crippen molar-refractivity contribution in [1.29, 1.82) is 5.26 Å². The molecule has 7 heteroatoms. The van der Waals surface area contributed by atoms with Gasteiger partial charge in [-0.1, -0.05) is 6.92 Å². The van der Waals surface area contributed by atoms with Crippen molar-refractivity contribution in [3.05, 3.63) is 0 Å². The molecule has 1 saturated heterocycles. The second-order valence-electron chi connectivity index (χ2n) is 4.97. The van der Waals surface area contributed by atoms with E-state index < -0.39 is 0 Å². The van der Waals surface area contributed by atoms with Crippen LogP contribution >= 0.6 is 0 Å². The van der Waals surface area contributed by atoms with Crippen molar-refractivity contribution >= 4 is 17.5 Å². The van der Waals surface area contributed by atoms with Crippen LogP contribution in [0.5, 0.6) is 0 Å². The van der Waals surface area contributed by atoms with Gasteiger partial charge in [0.2, 0.25) is 5.91 Å². The highest BCUT2D eigenvalue weighted by molar-refractivity contribution is 6.39. The third kappa shape index (κ3) is 3.14. The van der Waals surface area contributed by atoms with E-state index in [9.17, 15) is 9.59 Å². The van der Waals surface area contributed by atoms with Crippen molar-refractivity contribution in [1.82, 2.24) is 15.2 Å². The molecule has 0 aromatic rings. The molecule has 0 bridgehead atoms. The molecule has 1 N–H and O–H groups in total. The lowest BCUT2D eigenvalue weighted by Crippen LogP contribution is -2.53. The molecule has 2 heterocycles. The molecule has 2 aliphatic heterocycles. The maximum atomic E-state index is 12.2. The van der Waals surface area contributed by atoms with Crippen molar-refractivity contribution in [2.75, 3.05) is 26.2 Å². The number of rotatable bonds is 3. The standard InChI is InChI=1S/C13H19N5O2/c1-2-10(9-14)17-5-7-18(8-6-17)13(20)11-3-4-12(19)16-15-11/h10H,2-8H2,1H3,(H,16,19). The van der Waals surface area contributed by atoms with Gasteiger partial charge in [0.25, 0.3) is 5.91 Å². The van der Waals surface area contributed by atoms with Gasteiger partial charge in [0.15, 0.2) is 0 Å². The summed E-state index contributed by atoms with van der Waals surface area (Å²) in [7, 11) is 0. The van der Waals surface area contributed by atoms with Crippen LogP contribution in [0.25, 0.3) is 0 Å². The van der Waals surface area contributed by atoms with Gasteiger partial charge in [-0.25, -0.2) is 5.43 Å². The fourth-order valence-electron chi connectivity index (χ4n) is 2.48. The highest BCUT2D eigenvalue weighted by Gasteiger charge is 2.28. The summed E-state index contributed by atoms with van der Waals surface area (Å²) in [6.07, 6.45) is 1.51. The number of hydrogen-bond donors (Lipinski definition) is 1. The van der Waals surface area contributed by atoms with Gasteiger partial charge in [0.05, 0.1) is 12.1 Å². The minimum Gasteiger partial charge on any atom is -0.335 e. The van der Waals surface area contributed by atoms with Gasteiger partial charge in [-0.3, -0.25) is 14.5 Å². The number of amides is 2. The van der Waals surface area contributed by atoms with Gasteiger partial charge in [-0.2, -0.15) is 10.4 Å². The molecule has 1 atom stereocenters. The predicted octanol–water partition coefficient (Wildman–Crippen LogP) is -0.301. The molecule has 0 aliphatic carbocycles. The summed E-state index contributed by atoms with van der Waals surface area (Å²) in [5.74, 6) is -0.249. The maximum absolute atomic E-state index is 12.2. The van der Waals surface area contributed by atoms with E-state index in [0.717, 1.165) is 6.42 Å². The average Bonchev–Trinajstić information content (AvgIpc) is 2.49. The molecule has 2 aliphatic rings. The van der Waals surface area contributed by atoms with Gasteiger partial charge in [-0.05, 0) is 6.42 Å². The zero-order valence-electron chi connectivity index (χ0n) is 11.6. The molecule has 0 aromatic carbocycles. The highest BCUT2D eigenvalue weighted by Crippen LogP contribution is 2.11. The summed E-state index contributed by atoms with van der Waals surface area (Å²) in [5.41, 5.74) is 2.77. The molecule has 20 heavy (non-hydrogen) atoms. The molecular formula is C13H19N5O2. The number of hydrazone groups is 1. The van der Waals surface area contributed by atoms with Crippen LogP contribution in [-0.2, 0) is 9.59 Å². The van der Waals surface area contributed by atoms with E-state index in [1.54, 1.807) is 4.90 Å². The molecular weight excluding hydrogens is 258 g/mol. The summed E-state index contributed by atoms with van der Waals surface area (Å²) in [5, 5.41) is 12.9. The molecule has 2 amide bonds. The first-order chi connectivity index (χ1) is 9.65. The van der Waals surface area contributed by atoms with Gasteiger partial charge in [0, 0.05) is 39.0 Å². The third-order valence-corrected chi connectivity index (χ3v) is 3.73. The number of nitrogens with zero attached hydrogens (tertiary/aromatic N) is 4. The third-order valence-electron chi connectivity index (χ3n) is 3.73. The van der Waals surface area contributed by atoms with E-state index in [4.69, 9.17) is 5.26 Å². The molecule has 0 aromatic heterocycles. The Labute approximate surface area is 118 Å². The number of carbonyl (C=O) groups excluding carboxylic acids is 2. The highest BCUT2D eigenvalue weighted by atomic mass is 16.2. The van der Waals surface area contributed by atoms with Crippen LogP contribution in [0.4, 0.5) is 0 Å². The molecule has 2 rings (SSSR count). The number of carbonyl (C=O) groups is 2. The van der Waals surface area contributed by atoms with Crippen LogP contribution in [0.3, 0.4) is 0 Å². The zero-order valence-corrected chi connectivity index (χ0v) is 11.6. The van der Waals surface area contributed by atoms with Crippen molar-refractivity contribution in [3.8, 4) is 6.07 Å². The van der Waals surface area contributed by atoms with Crippen molar-refractivity contribution in [2.24, 2.45) is 5.10 Å². The molecule has 1 fully saturated rings. The minimum atomic E-state index is -0.147. The van der Waals surface area contributed by atoms with Crippen molar-refractivity contribution < 1.29 is 9.59 Å². The molecule has 108 valence electrons. The Balaban J connectivity index is 1.89. The fraction of sp³-hybridized carbons (Fsp3) is 0.692.